The molecule has 0 aromatic rings. The fourth-order valence-corrected chi connectivity index (χ4v) is 2.79. The second kappa shape index (κ2) is 6.39. The molecular weight excluding hydrogens is 198 g/mol. The second-order valence-electron chi connectivity index (χ2n) is 5.51. The molecule has 0 aromatic heterocycles. The molecule has 0 unspecified atom stereocenters. The van der Waals surface area contributed by atoms with E-state index in [4.69, 9.17) is 0 Å². The summed E-state index contributed by atoms with van der Waals surface area (Å²) >= 11 is 0. The lowest BCUT2D eigenvalue weighted by atomic mass is 9.80. The van der Waals surface area contributed by atoms with Gasteiger partial charge in [0.15, 0.2) is 0 Å². The van der Waals surface area contributed by atoms with Crippen molar-refractivity contribution in [3.63, 3.8) is 0 Å². The van der Waals surface area contributed by atoms with Crippen LogP contribution >= 0.6 is 0 Å². The van der Waals surface area contributed by atoms with E-state index >= 15 is 0 Å². The van der Waals surface area contributed by atoms with Crippen molar-refractivity contribution in [1.82, 2.24) is 4.90 Å². The molecule has 1 aliphatic carbocycles. The van der Waals surface area contributed by atoms with Crippen LogP contribution in [0, 0.1) is 11.8 Å². The Hall–Kier alpha value is -0.370. The SMILES string of the molecule is CCN(C[C@H]1CC[C@H](C(C)=O)CC1)C(C)C. The normalized spacial score (nSPS) is 26.4. The molecule has 0 N–H and O–H groups in total. The Labute approximate surface area is 100 Å². The smallest absolute Gasteiger partial charge is 0.132 e. The number of carbonyl (C=O) groups is 1. The number of hydrogen-bond acceptors (Lipinski definition) is 2. The van der Waals surface area contributed by atoms with Crippen LogP contribution in [-0.4, -0.2) is 29.8 Å². The molecule has 0 bridgehead atoms. The molecule has 1 rings (SSSR count). The number of carbonyl (C=O) groups excluding carboxylic acids is 1. The van der Waals surface area contributed by atoms with E-state index in [2.05, 4.69) is 25.7 Å². The van der Waals surface area contributed by atoms with Gasteiger partial charge in [0, 0.05) is 18.5 Å². The molecule has 0 radical (unpaired) electrons. The number of rotatable bonds is 5. The largest absolute Gasteiger partial charge is 0.301 e. The van der Waals surface area contributed by atoms with Gasteiger partial charge in [-0.1, -0.05) is 6.92 Å². The van der Waals surface area contributed by atoms with Crippen LogP contribution in [0.15, 0.2) is 0 Å². The van der Waals surface area contributed by atoms with Crippen LogP contribution in [0.2, 0.25) is 0 Å². The molecule has 0 atom stereocenters. The summed E-state index contributed by atoms with van der Waals surface area (Å²) in [6.07, 6.45) is 4.73. The van der Waals surface area contributed by atoms with E-state index in [-0.39, 0.29) is 0 Å². The lowest BCUT2D eigenvalue weighted by molar-refractivity contribution is -0.121. The Morgan fingerprint density at radius 1 is 1.25 bits per heavy atom. The molecule has 2 nitrogen and oxygen atoms in total. The van der Waals surface area contributed by atoms with Crippen molar-refractivity contribution < 1.29 is 4.79 Å². The highest BCUT2D eigenvalue weighted by Gasteiger charge is 2.25. The summed E-state index contributed by atoms with van der Waals surface area (Å²) in [5.41, 5.74) is 0. The fraction of sp³-hybridized carbons (Fsp3) is 0.929. The third kappa shape index (κ3) is 3.89. The molecule has 0 saturated heterocycles. The molecule has 94 valence electrons. The predicted molar refractivity (Wildman–Crippen MR) is 68.5 cm³/mol. The number of ketones is 1. The zero-order valence-corrected chi connectivity index (χ0v) is 11.3. The van der Waals surface area contributed by atoms with Crippen molar-refractivity contribution in [1.29, 1.82) is 0 Å². The predicted octanol–water partition coefficient (Wildman–Crippen LogP) is 3.11. The minimum absolute atomic E-state index is 0.366. The van der Waals surface area contributed by atoms with Gasteiger partial charge in [0.25, 0.3) is 0 Å². The quantitative estimate of drug-likeness (QED) is 0.716. The average Bonchev–Trinajstić information content (AvgIpc) is 2.26. The van der Waals surface area contributed by atoms with Crippen molar-refractivity contribution >= 4 is 5.78 Å². The highest BCUT2D eigenvalue weighted by atomic mass is 16.1. The summed E-state index contributed by atoms with van der Waals surface area (Å²) in [4.78, 5) is 13.8. The van der Waals surface area contributed by atoms with Crippen LogP contribution in [0.5, 0.6) is 0 Å². The van der Waals surface area contributed by atoms with Gasteiger partial charge >= 0.3 is 0 Å². The van der Waals surface area contributed by atoms with E-state index in [0.717, 1.165) is 25.3 Å². The van der Waals surface area contributed by atoms with E-state index in [1.165, 1.54) is 19.4 Å². The zero-order valence-electron chi connectivity index (χ0n) is 11.3. The summed E-state index contributed by atoms with van der Waals surface area (Å²) in [5, 5.41) is 0. The molecule has 2 heteroatoms. The maximum Gasteiger partial charge on any atom is 0.132 e. The Balaban J connectivity index is 2.33. The van der Waals surface area contributed by atoms with Crippen molar-refractivity contribution in [2.24, 2.45) is 11.8 Å². The molecule has 0 heterocycles. The van der Waals surface area contributed by atoms with E-state index in [9.17, 15) is 4.79 Å². The van der Waals surface area contributed by atoms with Crippen molar-refractivity contribution in [2.45, 2.75) is 59.4 Å². The van der Waals surface area contributed by atoms with Gasteiger partial charge in [-0.3, -0.25) is 4.79 Å². The van der Waals surface area contributed by atoms with Gasteiger partial charge in [-0.15, -0.1) is 0 Å². The van der Waals surface area contributed by atoms with E-state index in [1.807, 2.05) is 0 Å². The Kier molecular flexibility index (Phi) is 5.47. The molecule has 0 amide bonds. The van der Waals surface area contributed by atoms with Crippen molar-refractivity contribution in [3.8, 4) is 0 Å². The molecule has 1 fully saturated rings. The summed E-state index contributed by atoms with van der Waals surface area (Å²) in [6.45, 7) is 10.9. The Bertz CT molecular complexity index is 217. The van der Waals surface area contributed by atoms with Crippen LogP contribution in [0.25, 0.3) is 0 Å². The van der Waals surface area contributed by atoms with Gasteiger partial charge in [-0.05, 0) is 58.9 Å². The topological polar surface area (TPSA) is 20.3 Å². The standard InChI is InChI=1S/C14H27NO/c1-5-15(11(2)3)10-13-6-8-14(9-7-13)12(4)16/h11,13-14H,5-10H2,1-4H3/t13-,14-. The second-order valence-corrected chi connectivity index (χ2v) is 5.51. The van der Waals surface area contributed by atoms with Gasteiger partial charge in [0.1, 0.15) is 5.78 Å². The average molecular weight is 225 g/mol. The minimum Gasteiger partial charge on any atom is -0.301 e. The first kappa shape index (κ1) is 13.7. The molecule has 1 saturated carbocycles. The highest BCUT2D eigenvalue weighted by molar-refractivity contribution is 5.78. The van der Waals surface area contributed by atoms with Crippen LogP contribution < -0.4 is 0 Å². The molecule has 0 aliphatic heterocycles. The van der Waals surface area contributed by atoms with Crippen LogP contribution in [0.1, 0.15) is 53.4 Å². The van der Waals surface area contributed by atoms with Gasteiger partial charge in [-0.25, -0.2) is 0 Å². The van der Waals surface area contributed by atoms with Crippen molar-refractivity contribution in [3.05, 3.63) is 0 Å². The maximum atomic E-state index is 11.3. The first-order valence-corrected chi connectivity index (χ1v) is 6.79. The molecule has 1 aliphatic rings. The van der Waals surface area contributed by atoms with Gasteiger partial charge in [0.05, 0.1) is 0 Å². The third-order valence-corrected chi connectivity index (χ3v) is 4.05. The molecule has 0 spiro atoms. The Morgan fingerprint density at radius 2 is 1.81 bits per heavy atom. The number of Topliss-reactive ketones (excluding diaryl/α,β-unsaturated/α-hetero) is 1. The fourth-order valence-electron chi connectivity index (χ4n) is 2.79. The summed E-state index contributed by atoms with van der Waals surface area (Å²) < 4.78 is 0. The summed E-state index contributed by atoms with van der Waals surface area (Å²) in [7, 11) is 0. The minimum atomic E-state index is 0.366. The van der Waals surface area contributed by atoms with E-state index < -0.39 is 0 Å². The lowest BCUT2D eigenvalue weighted by Gasteiger charge is -2.33. The van der Waals surface area contributed by atoms with Gasteiger partial charge in [-0.2, -0.15) is 0 Å². The third-order valence-electron chi connectivity index (χ3n) is 4.05. The first-order chi connectivity index (χ1) is 7.54. The van der Waals surface area contributed by atoms with E-state index in [0.29, 0.717) is 17.7 Å². The lowest BCUT2D eigenvalue weighted by Crippen LogP contribution is -2.36. The Morgan fingerprint density at radius 3 is 2.19 bits per heavy atom. The zero-order chi connectivity index (χ0) is 12.1. The number of hydrogen-bond donors (Lipinski definition) is 0. The van der Waals surface area contributed by atoms with Gasteiger partial charge < -0.3 is 4.90 Å². The van der Waals surface area contributed by atoms with Crippen LogP contribution in [0.3, 0.4) is 0 Å². The highest BCUT2D eigenvalue weighted by Crippen LogP contribution is 2.30. The number of nitrogens with zero attached hydrogens (tertiary/aromatic N) is 1. The van der Waals surface area contributed by atoms with Gasteiger partial charge in [0.2, 0.25) is 0 Å². The monoisotopic (exact) mass is 225 g/mol. The van der Waals surface area contributed by atoms with E-state index in [1.54, 1.807) is 6.92 Å². The summed E-state index contributed by atoms with van der Waals surface area (Å²) in [5.74, 6) is 1.58. The molecule has 16 heavy (non-hydrogen) atoms. The summed E-state index contributed by atoms with van der Waals surface area (Å²) in [6, 6.07) is 0.649. The van der Waals surface area contributed by atoms with Crippen molar-refractivity contribution in [2.75, 3.05) is 13.1 Å². The molecular formula is C14H27NO. The first-order valence-electron chi connectivity index (χ1n) is 6.79. The van der Waals surface area contributed by atoms with Crippen LogP contribution in [0.4, 0.5) is 0 Å². The maximum absolute atomic E-state index is 11.3. The molecule has 0 aromatic carbocycles. The van der Waals surface area contributed by atoms with Crippen LogP contribution in [-0.2, 0) is 4.79 Å².